The molecule has 15 heteroatoms. The topological polar surface area (TPSA) is 179 Å². The molecule has 4 N–H and O–H groups in total. The molecule has 1 unspecified atom stereocenters. The van der Waals surface area contributed by atoms with E-state index in [1.54, 1.807) is 47.7 Å². The molecular weight excluding hydrogens is 790 g/mol. The number of fused-ring (bicyclic) bond motifs is 3. The highest BCUT2D eigenvalue weighted by Crippen LogP contribution is 2.40. The van der Waals surface area contributed by atoms with Crippen molar-refractivity contribution in [2.45, 2.75) is 85.2 Å². The van der Waals surface area contributed by atoms with E-state index in [1.165, 1.54) is 4.90 Å². The summed E-state index contributed by atoms with van der Waals surface area (Å²) in [4.78, 5) is 60.6. The molecule has 7 rings (SSSR count). The van der Waals surface area contributed by atoms with Crippen molar-refractivity contribution < 1.29 is 29.4 Å². The third-order valence-electron chi connectivity index (χ3n) is 10.9. The molecule has 0 spiro atoms. The minimum absolute atomic E-state index is 0.0278. The van der Waals surface area contributed by atoms with Gasteiger partial charge in [0.2, 0.25) is 11.8 Å². The molecule has 5 aromatic rings. The van der Waals surface area contributed by atoms with Gasteiger partial charge in [0.25, 0.3) is 5.91 Å². The van der Waals surface area contributed by atoms with Crippen molar-refractivity contribution in [3.8, 4) is 16.1 Å². The molecule has 4 atom stereocenters. The average molecular weight is 836 g/mol. The summed E-state index contributed by atoms with van der Waals surface area (Å²) in [7, 11) is 0. The van der Waals surface area contributed by atoms with Gasteiger partial charge in [0.05, 0.1) is 18.2 Å². The van der Waals surface area contributed by atoms with Gasteiger partial charge in [-0.1, -0.05) is 80.9 Å². The number of hydrogen-bond acceptors (Lipinski definition) is 9. The Labute approximate surface area is 351 Å². The van der Waals surface area contributed by atoms with E-state index < -0.39 is 47.4 Å². The van der Waals surface area contributed by atoms with Gasteiger partial charge in [-0.15, -0.1) is 21.5 Å². The highest BCUT2D eigenvalue weighted by atomic mass is 35.5. The predicted molar refractivity (Wildman–Crippen MR) is 226 cm³/mol. The van der Waals surface area contributed by atoms with Crippen LogP contribution in [0.2, 0.25) is 5.02 Å². The Morgan fingerprint density at radius 1 is 0.915 bits per heavy atom. The summed E-state index contributed by atoms with van der Waals surface area (Å²) in [6, 6.07) is 19.3. The maximum atomic E-state index is 14.1. The number of aliphatic carboxylic acids is 1. The lowest BCUT2D eigenvalue weighted by molar-refractivity contribution is -0.142. The molecule has 3 amide bonds. The highest BCUT2D eigenvalue weighted by Gasteiger charge is 2.44. The largest absolute Gasteiger partial charge is 0.481 e. The number of carbonyl (C=O) groups is 4. The molecule has 306 valence electrons. The minimum atomic E-state index is -0.989. The maximum Gasteiger partial charge on any atom is 0.306 e. The summed E-state index contributed by atoms with van der Waals surface area (Å²) in [6.07, 6.45) is -1.03. The van der Waals surface area contributed by atoms with E-state index in [2.05, 4.69) is 27.8 Å². The Bertz CT molecular complexity index is 2450. The Hall–Kier alpha value is -5.70. The van der Waals surface area contributed by atoms with Gasteiger partial charge in [-0.25, -0.2) is 0 Å². The average Bonchev–Trinajstić information content (AvgIpc) is 3.85. The summed E-state index contributed by atoms with van der Waals surface area (Å²) in [6.45, 7) is 11.7. The van der Waals surface area contributed by atoms with Crippen LogP contribution < -0.4 is 10.6 Å². The molecule has 0 aliphatic carbocycles. The first-order chi connectivity index (χ1) is 28.0. The fourth-order valence-corrected chi connectivity index (χ4v) is 8.91. The fraction of sp³-hybridized carbons (Fsp3) is 0.341. The number of rotatable bonds is 10. The molecule has 13 nitrogen and oxygen atoms in total. The summed E-state index contributed by atoms with van der Waals surface area (Å²) in [5.74, 6) is -1.12. The number of β-amino-alcohol motifs (C(OH)–C–C–N with tert-alkyl or cyclic N) is 1. The number of nitrogens with zero attached hydrogens (tertiary/aromatic N) is 5. The number of aromatic nitrogens is 3. The molecule has 1 fully saturated rings. The van der Waals surface area contributed by atoms with E-state index >= 15 is 0 Å². The van der Waals surface area contributed by atoms with E-state index in [1.807, 2.05) is 75.6 Å². The van der Waals surface area contributed by atoms with Gasteiger partial charge in [0.1, 0.15) is 29.0 Å². The summed E-state index contributed by atoms with van der Waals surface area (Å²) < 4.78 is 1.92. The Morgan fingerprint density at radius 2 is 1.54 bits per heavy atom. The molecule has 0 bridgehead atoms. The van der Waals surface area contributed by atoms with Crippen LogP contribution in [0.1, 0.15) is 88.8 Å². The van der Waals surface area contributed by atoms with Crippen molar-refractivity contribution in [2.75, 3.05) is 6.54 Å². The van der Waals surface area contributed by atoms with Crippen LogP contribution in [0.3, 0.4) is 0 Å². The smallest absolute Gasteiger partial charge is 0.306 e. The Balaban J connectivity index is 1.07. The van der Waals surface area contributed by atoms with Crippen LogP contribution in [0.5, 0.6) is 0 Å². The number of carboxylic acids is 1. The van der Waals surface area contributed by atoms with Crippen molar-refractivity contribution in [3.05, 3.63) is 122 Å². The third-order valence-corrected chi connectivity index (χ3v) is 12.3. The zero-order valence-electron chi connectivity index (χ0n) is 33.6. The number of thiophene rings is 1. The van der Waals surface area contributed by atoms with Crippen LogP contribution >= 0.6 is 22.9 Å². The van der Waals surface area contributed by atoms with E-state index in [0.29, 0.717) is 27.9 Å². The Morgan fingerprint density at radius 3 is 2.17 bits per heavy atom. The number of carbonyl (C=O) groups excluding carboxylic acids is 3. The van der Waals surface area contributed by atoms with Crippen molar-refractivity contribution >= 4 is 52.3 Å². The first-order valence-corrected chi connectivity index (χ1v) is 20.5. The molecule has 0 saturated carbocycles. The number of aliphatic hydroxyl groups excluding tert-OH is 1. The zero-order chi connectivity index (χ0) is 42.3. The second kappa shape index (κ2) is 16.5. The van der Waals surface area contributed by atoms with Crippen LogP contribution in [0, 0.1) is 26.2 Å². The molecule has 1 saturated heterocycles. The number of halogens is 1. The van der Waals surface area contributed by atoms with E-state index in [-0.39, 0.29) is 31.8 Å². The number of amides is 3. The lowest BCUT2D eigenvalue weighted by Gasteiger charge is -2.35. The van der Waals surface area contributed by atoms with E-state index in [4.69, 9.17) is 16.6 Å². The molecule has 59 heavy (non-hydrogen) atoms. The summed E-state index contributed by atoms with van der Waals surface area (Å²) >= 11 is 7.59. The second-order valence-electron chi connectivity index (χ2n) is 16.2. The Kier molecular flexibility index (Phi) is 11.6. The minimum Gasteiger partial charge on any atom is -0.481 e. The molecule has 2 aromatic heterocycles. The molecule has 2 aliphatic heterocycles. The fourth-order valence-electron chi connectivity index (χ4n) is 7.57. The molecule has 3 aromatic carbocycles. The summed E-state index contributed by atoms with van der Waals surface area (Å²) in [5, 5.41) is 36.2. The normalized spacial score (nSPS) is 18.0. The predicted octanol–water partition coefficient (Wildman–Crippen LogP) is 6.36. The number of nitrogens with one attached hydrogen (secondary N) is 2. The van der Waals surface area contributed by atoms with Crippen molar-refractivity contribution in [3.63, 3.8) is 0 Å². The monoisotopic (exact) mass is 835 g/mol. The van der Waals surface area contributed by atoms with E-state index in [0.717, 1.165) is 43.3 Å². The molecule has 2 aliphatic rings. The first-order valence-electron chi connectivity index (χ1n) is 19.3. The van der Waals surface area contributed by atoms with Gasteiger partial charge in [-0.05, 0) is 72.7 Å². The SMILES string of the molecule is Cc1sc2c(c1C)C(c1ccc(-c3ccc(C(=O)NC(C(=O)N4C[C@H](O)C[C@H]4C(=O)NCc4ccc(Cl)cc4)C(C)(C)C)cc3)cc1)=N[C@@H](CC(=O)O)c1nnc(C)n1-2. The van der Waals surface area contributed by atoms with Crippen molar-refractivity contribution in [1.82, 2.24) is 30.3 Å². The van der Waals surface area contributed by atoms with Gasteiger partial charge in [-0.3, -0.25) is 28.7 Å². The van der Waals surface area contributed by atoms with Crippen molar-refractivity contribution in [1.29, 1.82) is 0 Å². The van der Waals surface area contributed by atoms with Crippen LogP contribution in [0.4, 0.5) is 0 Å². The third kappa shape index (κ3) is 8.56. The lowest BCUT2D eigenvalue weighted by atomic mass is 9.85. The van der Waals surface area contributed by atoms with E-state index in [9.17, 15) is 29.4 Å². The van der Waals surface area contributed by atoms with Crippen LogP contribution in [-0.4, -0.2) is 84.0 Å². The quantitative estimate of drug-likeness (QED) is 0.126. The zero-order valence-corrected chi connectivity index (χ0v) is 35.2. The number of aryl methyl sites for hydroxylation is 2. The molecular formula is C44H46ClN7O6S. The summed E-state index contributed by atoms with van der Waals surface area (Å²) in [5.41, 5.74) is 5.70. The maximum absolute atomic E-state index is 14.1. The highest BCUT2D eigenvalue weighted by molar-refractivity contribution is 7.15. The molecule has 4 heterocycles. The number of hydrogen-bond donors (Lipinski definition) is 4. The second-order valence-corrected chi connectivity index (χ2v) is 17.8. The first kappa shape index (κ1) is 41.5. The molecule has 0 radical (unpaired) electrons. The van der Waals surface area contributed by atoms with Crippen LogP contribution in [0.25, 0.3) is 16.1 Å². The van der Waals surface area contributed by atoms with Gasteiger partial charge >= 0.3 is 5.97 Å². The number of aliphatic hydroxyl groups is 1. The number of likely N-dealkylation sites (tertiary alicyclic amines) is 1. The van der Waals surface area contributed by atoms with Gasteiger partial charge in [0.15, 0.2) is 5.82 Å². The van der Waals surface area contributed by atoms with Crippen LogP contribution in [0.15, 0.2) is 77.8 Å². The number of aliphatic imine (C=N–C) groups is 1. The lowest BCUT2D eigenvalue weighted by Crippen LogP contribution is -2.57. The van der Waals surface area contributed by atoms with Crippen LogP contribution in [-0.2, 0) is 20.9 Å². The van der Waals surface area contributed by atoms with Gasteiger partial charge < -0.3 is 25.7 Å². The van der Waals surface area contributed by atoms with Crippen molar-refractivity contribution in [2.24, 2.45) is 10.4 Å². The van der Waals surface area contributed by atoms with Gasteiger partial charge in [-0.2, -0.15) is 0 Å². The number of benzene rings is 3. The number of carboxylic acid groups (broad SMARTS) is 1. The standard InChI is InChI=1S/C44H46ClN7O6S/c1-23-24(2)59-43-36(23)37(47-33(20-35(54)55)39-50-49-25(3)52(39)43)29-13-9-27(10-14-29)28-11-15-30(16-12-28)40(56)48-38(44(4,5)6)42(58)51-22-32(53)19-34(51)41(57)46-21-26-7-17-31(45)18-8-26/h7-18,32-34,38,53H,19-22H2,1-6H3,(H,46,57)(H,48,56)(H,54,55)/t32-,33+,34+,38?/m1/s1. The van der Waals surface area contributed by atoms with Gasteiger partial charge in [0, 0.05) is 46.1 Å².